The van der Waals surface area contributed by atoms with Crippen LogP contribution in [0.5, 0.6) is 0 Å². The minimum Gasteiger partial charge on any atom is -0.380 e. The zero-order chi connectivity index (χ0) is 6.15. The molecule has 0 amide bonds. The molecule has 1 aromatic rings. The zero-order valence-electron chi connectivity index (χ0n) is 3.94. The lowest BCUT2D eigenvalue weighted by Crippen LogP contribution is -2.10. The maximum absolute atomic E-state index is 5.19. The number of rotatable bonds is 0. The third-order valence-corrected chi connectivity index (χ3v) is 1.13. The van der Waals surface area contributed by atoms with Crippen molar-refractivity contribution in [2.75, 3.05) is 11.6 Å². The molecule has 5 nitrogen and oxygen atoms in total. The Balaban J connectivity index is 3.19. The van der Waals surface area contributed by atoms with Gasteiger partial charge >= 0.3 is 0 Å². The van der Waals surface area contributed by atoms with Crippen LogP contribution in [0.2, 0.25) is 0 Å². The van der Waals surface area contributed by atoms with Crippen LogP contribution in [0.3, 0.4) is 0 Å². The molecule has 0 saturated heterocycles. The molecule has 1 heterocycles. The number of nitrogens with two attached hydrogens (primary N) is 2. The van der Waals surface area contributed by atoms with E-state index in [-0.39, 0.29) is 5.82 Å². The molecule has 0 aliphatic rings. The van der Waals surface area contributed by atoms with Crippen molar-refractivity contribution in [3.63, 3.8) is 0 Å². The molecule has 44 valence electrons. The van der Waals surface area contributed by atoms with Gasteiger partial charge in [0.05, 0.1) is 0 Å². The van der Waals surface area contributed by atoms with E-state index in [1.165, 1.54) is 0 Å². The standard InChI is InChI=1S/C2H5N5S/c3-1-2(8)7(4)6-5-1/h8H,3-4H2. The fourth-order valence-electron chi connectivity index (χ4n) is 0.301. The van der Waals surface area contributed by atoms with E-state index in [0.29, 0.717) is 5.03 Å². The van der Waals surface area contributed by atoms with Crippen LogP contribution < -0.4 is 11.6 Å². The Hall–Kier alpha value is -0.910. The number of nitrogens with zero attached hydrogens (tertiary/aromatic N) is 3. The van der Waals surface area contributed by atoms with E-state index in [1.54, 1.807) is 0 Å². The van der Waals surface area contributed by atoms with Gasteiger partial charge in [-0.25, -0.2) is 0 Å². The largest absolute Gasteiger partial charge is 0.380 e. The number of anilines is 1. The summed E-state index contributed by atoms with van der Waals surface area (Å²) in [5.74, 6) is 5.37. The smallest absolute Gasteiger partial charge is 0.182 e. The molecule has 0 bridgehead atoms. The second-order valence-corrected chi connectivity index (χ2v) is 1.67. The number of hydrogen-bond donors (Lipinski definition) is 3. The van der Waals surface area contributed by atoms with Crippen molar-refractivity contribution in [2.45, 2.75) is 5.03 Å². The molecule has 0 aliphatic heterocycles. The highest BCUT2D eigenvalue weighted by Crippen LogP contribution is 2.07. The average molecular weight is 131 g/mol. The van der Waals surface area contributed by atoms with Crippen LogP contribution in [0.25, 0.3) is 0 Å². The first-order chi connectivity index (χ1) is 3.72. The van der Waals surface area contributed by atoms with Gasteiger partial charge in [0, 0.05) is 0 Å². The summed E-state index contributed by atoms with van der Waals surface area (Å²) in [6, 6.07) is 0. The molecule has 6 heteroatoms. The summed E-state index contributed by atoms with van der Waals surface area (Å²) in [6.07, 6.45) is 0. The Bertz CT molecular complexity index is 173. The van der Waals surface area contributed by atoms with Gasteiger partial charge in [0.15, 0.2) is 10.8 Å². The number of thiol groups is 1. The van der Waals surface area contributed by atoms with Gasteiger partial charge in [0.1, 0.15) is 0 Å². The van der Waals surface area contributed by atoms with E-state index in [0.717, 1.165) is 4.79 Å². The summed E-state index contributed by atoms with van der Waals surface area (Å²) < 4.78 is 0. The Labute approximate surface area is 51.0 Å². The second-order valence-electron chi connectivity index (χ2n) is 1.24. The molecular formula is C2H5N5S. The molecule has 0 radical (unpaired) electrons. The zero-order valence-corrected chi connectivity index (χ0v) is 4.84. The molecule has 0 aromatic carbocycles. The molecule has 1 aromatic heterocycles. The maximum atomic E-state index is 5.19. The van der Waals surface area contributed by atoms with Gasteiger partial charge in [-0.15, -0.1) is 17.7 Å². The quantitative estimate of drug-likeness (QED) is 0.307. The van der Waals surface area contributed by atoms with Crippen molar-refractivity contribution in [1.82, 2.24) is 15.1 Å². The van der Waals surface area contributed by atoms with E-state index in [1.807, 2.05) is 0 Å². The van der Waals surface area contributed by atoms with Gasteiger partial charge in [-0.05, 0) is 5.21 Å². The molecule has 0 unspecified atom stereocenters. The summed E-state index contributed by atoms with van der Waals surface area (Å²) >= 11 is 3.85. The summed E-state index contributed by atoms with van der Waals surface area (Å²) in [6.45, 7) is 0. The molecule has 8 heavy (non-hydrogen) atoms. The van der Waals surface area contributed by atoms with Gasteiger partial charge in [-0.2, -0.15) is 4.79 Å². The predicted molar refractivity (Wildman–Crippen MR) is 31.8 cm³/mol. The predicted octanol–water partition coefficient (Wildman–Crippen LogP) is -1.14. The fourth-order valence-corrected chi connectivity index (χ4v) is 0.386. The monoisotopic (exact) mass is 131 g/mol. The van der Waals surface area contributed by atoms with Crippen molar-refractivity contribution >= 4 is 18.4 Å². The Morgan fingerprint density at radius 1 is 1.62 bits per heavy atom. The third-order valence-electron chi connectivity index (χ3n) is 0.695. The Kier molecular flexibility index (Phi) is 1.01. The van der Waals surface area contributed by atoms with E-state index in [4.69, 9.17) is 11.6 Å². The summed E-state index contributed by atoms with van der Waals surface area (Å²) in [5, 5.41) is 7.14. The van der Waals surface area contributed by atoms with Crippen molar-refractivity contribution < 1.29 is 0 Å². The first-order valence-electron chi connectivity index (χ1n) is 1.87. The lowest BCUT2D eigenvalue weighted by Gasteiger charge is -1.86. The maximum Gasteiger partial charge on any atom is 0.182 e. The second kappa shape index (κ2) is 1.55. The van der Waals surface area contributed by atoms with Crippen LogP contribution >= 0.6 is 12.6 Å². The molecular weight excluding hydrogens is 126 g/mol. The van der Waals surface area contributed by atoms with Gasteiger partial charge < -0.3 is 11.6 Å². The molecule has 0 atom stereocenters. The van der Waals surface area contributed by atoms with Crippen molar-refractivity contribution in [2.24, 2.45) is 0 Å². The van der Waals surface area contributed by atoms with E-state index in [2.05, 4.69) is 22.9 Å². The molecule has 0 aliphatic carbocycles. The number of aromatic nitrogens is 3. The third kappa shape index (κ3) is 0.583. The summed E-state index contributed by atoms with van der Waals surface area (Å²) in [4.78, 5) is 0.998. The van der Waals surface area contributed by atoms with Crippen LogP contribution in [0, 0.1) is 0 Å². The van der Waals surface area contributed by atoms with Crippen molar-refractivity contribution in [1.29, 1.82) is 0 Å². The SMILES string of the molecule is Nc1nnn(N)c1S. The number of hydrogen-bond acceptors (Lipinski definition) is 5. The van der Waals surface area contributed by atoms with Crippen LogP contribution in [0.1, 0.15) is 0 Å². The van der Waals surface area contributed by atoms with Gasteiger partial charge in [0.2, 0.25) is 0 Å². The molecule has 4 N–H and O–H groups in total. The minimum atomic E-state index is 0.246. The van der Waals surface area contributed by atoms with Crippen LogP contribution in [0.4, 0.5) is 5.82 Å². The molecule has 0 spiro atoms. The lowest BCUT2D eigenvalue weighted by atomic mass is 10.8. The highest BCUT2D eigenvalue weighted by molar-refractivity contribution is 7.80. The number of nitrogen functional groups attached to an aromatic ring is 2. The summed E-state index contributed by atoms with van der Waals surface area (Å²) in [7, 11) is 0. The highest BCUT2D eigenvalue weighted by atomic mass is 32.1. The Morgan fingerprint density at radius 2 is 2.25 bits per heavy atom. The van der Waals surface area contributed by atoms with Gasteiger partial charge in [0.25, 0.3) is 0 Å². The molecule has 0 fully saturated rings. The first kappa shape index (κ1) is 5.23. The first-order valence-corrected chi connectivity index (χ1v) is 2.31. The average Bonchev–Trinajstić information content (AvgIpc) is 1.98. The van der Waals surface area contributed by atoms with Crippen molar-refractivity contribution in [3.8, 4) is 0 Å². The molecule has 1 rings (SSSR count). The van der Waals surface area contributed by atoms with Crippen LogP contribution in [-0.4, -0.2) is 15.1 Å². The normalized spacial score (nSPS) is 9.62. The topological polar surface area (TPSA) is 82.8 Å². The fraction of sp³-hybridized carbons (Fsp3) is 0. The van der Waals surface area contributed by atoms with E-state index in [9.17, 15) is 0 Å². The molecule has 0 saturated carbocycles. The van der Waals surface area contributed by atoms with E-state index < -0.39 is 0 Å². The van der Waals surface area contributed by atoms with Crippen LogP contribution in [-0.2, 0) is 0 Å². The van der Waals surface area contributed by atoms with Crippen molar-refractivity contribution in [3.05, 3.63) is 0 Å². The minimum absolute atomic E-state index is 0.246. The summed E-state index contributed by atoms with van der Waals surface area (Å²) in [5.41, 5.74) is 5.19. The van der Waals surface area contributed by atoms with Crippen LogP contribution in [0.15, 0.2) is 5.03 Å². The Morgan fingerprint density at radius 3 is 2.38 bits per heavy atom. The lowest BCUT2D eigenvalue weighted by molar-refractivity contribution is 0.718. The highest BCUT2D eigenvalue weighted by Gasteiger charge is 1.99. The van der Waals surface area contributed by atoms with Gasteiger partial charge in [-0.1, -0.05) is 0 Å². The van der Waals surface area contributed by atoms with Gasteiger partial charge in [-0.3, -0.25) is 0 Å². The van der Waals surface area contributed by atoms with E-state index >= 15 is 0 Å².